The van der Waals surface area contributed by atoms with Gasteiger partial charge in [0.25, 0.3) is 23.6 Å². The number of halogens is 4. The summed E-state index contributed by atoms with van der Waals surface area (Å²) in [7, 11) is 0. The van der Waals surface area contributed by atoms with Gasteiger partial charge in [-0.25, -0.2) is 18.6 Å². The van der Waals surface area contributed by atoms with E-state index in [0.29, 0.717) is 9.80 Å². The third-order valence-corrected chi connectivity index (χ3v) is 6.39. The third-order valence-electron chi connectivity index (χ3n) is 5.69. The molecule has 0 unspecified atom stereocenters. The highest BCUT2D eigenvalue weighted by molar-refractivity contribution is 6.55. The first-order valence-corrected chi connectivity index (χ1v) is 11.7. The van der Waals surface area contributed by atoms with Crippen LogP contribution >= 0.6 is 23.2 Å². The number of hydrogen-bond acceptors (Lipinski definition) is 6. The lowest BCUT2D eigenvalue weighted by Gasteiger charge is -2.23. The van der Waals surface area contributed by atoms with Crippen molar-refractivity contribution < 1.29 is 28.0 Å². The van der Waals surface area contributed by atoms with E-state index in [1.54, 1.807) is 0 Å². The molecule has 0 saturated heterocycles. The molecular weight excluding hydrogens is 541 g/mol. The largest absolute Gasteiger partial charge is 0.347 e. The number of hydrogen-bond donors (Lipinski definition) is 2. The zero-order valence-corrected chi connectivity index (χ0v) is 20.5. The third kappa shape index (κ3) is 4.09. The average Bonchev–Trinajstić information content (AvgIpc) is 3.24. The summed E-state index contributed by atoms with van der Waals surface area (Å²) in [5, 5.41) is 4.01. The second-order valence-electron chi connectivity index (χ2n) is 7.97. The van der Waals surface area contributed by atoms with Crippen molar-refractivity contribution in [2.24, 2.45) is 0 Å². The summed E-state index contributed by atoms with van der Waals surface area (Å²) < 4.78 is 28.3. The highest BCUT2D eigenvalue weighted by Gasteiger charge is 2.44. The summed E-state index contributed by atoms with van der Waals surface area (Å²) in [6.45, 7) is 0. The first-order chi connectivity index (χ1) is 18.2. The van der Waals surface area contributed by atoms with Crippen LogP contribution in [0.15, 0.2) is 94.3 Å². The molecule has 2 N–H and O–H groups in total. The summed E-state index contributed by atoms with van der Waals surface area (Å²) in [6.07, 6.45) is 0. The zero-order valence-electron chi connectivity index (χ0n) is 19.0. The van der Waals surface area contributed by atoms with E-state index < -0.39 is 56.7 Å². The summed E-state index contributed by atoms with van der Waals surface area (Å²) in [4.78, 5) is 53.9. The maximum absolute atomic E-state index is 14.2. The number of amides is 4. The van der Waals surface area contributed by atoms with Crippen LogP contribution in [0.5, 0.6) is 0 Å². The number of nitrogens with one attached hydrogen (secondary N) is 2. The summed E-state index contributed by atoms with van der Waals surface area (Å²) in [5.74, 6) is -5.20. The maximum Gasteiger partial charge on any atom is 0.283 e. The van der Waals surface area contributed by atoms with Crippen LogP contribution in [0.2, 0.25) is 0 Å². The maximum atomic E-state index is 14.2. The molecule has 190 valence electrons. The fourth-order valence-electron chi connectivity index (χ4n) is 3.90. The standard InChI is InChI=1S/C26H14Cl2F2N4O4/c27-19-21(31-15-9-3-1-7-13(15)29)25(37)33(23(19)35)17-11-5-6-12-18(17)34-24(36)20(28)22(26(34)38)32-16-10-4-2-8-14(16)30/h1-12,31-32H. The topological polar surface area (TPSA) is 98.8 Å². The van der Waals surface area contributed by atoms with E-state index in [-0.39, 0.29) is 22.7 Å². The average molecular weight is 555 g/mol. The van der Waals surface area contributed by atoms with Crippen molar-refractivity contribution in [2.75, 3.05) is 20.4 Å². The molecule has 4 amide bonds. The molecule has 0 bridgehead atoms. The lowest BCUT2D eigenvalue weighted by molar-refractivity contribution is -0.122. The predicted octanol–water partition coefficient (Wildman–Crippen LogP) is 4.84. The smallest absolute Gasteiger partial charge is 0.283 e. The van der Waals surface area contributed by atoms with Gasteiger partial charge in [0.05, 0.1) is 22.7 Å². The van der Waals surface area contributed by atoms with Crippen LogP contribution in [0.3, 0.4) is 0 Å². The van der Waals surface area contributed by atoms with E-state index in [2.05, 4.69) is 10.6 Å². The number of benzene rings is 3. The first-order valence-electron chi connectivity index (χ1n) is 10.9. The van der Waals surface area contributed by atoms with Crippen molar-refractivity contribution >= 4 is 69.6 Å². The molecular formula is C26H14Cl2F2N4O4. The molecule has 2 aliphatic rings. The van der Waals surface area contributed by atoms with E-state index in [1.807, 2.05) is 0 Å². The van der Waals surface area contributed by atoms with Gasteiger partial charge in [0.15, 0.2) is 0 Å². The van der Waals surface area contributed by atoms with Gasteiger partial charge in [-0.15, -0.1) is 0 Å². The number of carbonyl (C=O) groups is 4. The van der Waals surface area contributed by atoms with Crippen LogP contribution in [-0.4, -0.2) is 23.6 Å². The Morgan fingerprint density at radius 3 is 1.24 bits per heavy atom. The van der Waals surface area contributed by atoms with Gasteiger partial charge in [0, 0.05) is 0 Å². The Kier molecular flexibility index (Phi) is 6.43. The van der Waals surface area contributed by atoms with Crippen LogP contribution in [0, 0.1) is 11.6 Å². The Balaban J connectivity index is 1.49. The molecule has 0 saturated carbocycles. The van der Waals surface area contributed by atoms with Gasteiger partial charge in [-0.3, -0.25) is 19.2 Å². The quantitative estimate of drug-likeness (QED) is 0.423. The molecule has 3 aromatic rings. The lowest BCUT2D eigenvalue weighted by atomic mass is 10.2. The van der Waals surface area contributed by atoms with Gasteiger partial charge in [-0.1, -0.05) is 59.6 Å². The second-order valence-corrected chi connectivity index (χ2v) is 8.72. The van der Waals surface area contributed by atoms with E-state index in [0.717, 1.165) is 12.1 Å². The monoisotopic (exact) mass is 554 g/mol. The van der Waals surface area contributed by atoms with Crippen LogP contribution < -0.4 is 20.4 Å². The zero-order chi connectivity index (χ0) is 27.1. The van der Waals surface area contributed by atoms with E-state index >= 15 is 0 Å². The summed E-state index contributed by atoms with van der Waals surface area (Å²) >= 11 is 12.3. The van der Waals surface area contributed by atoms with Gasteiger partial charge in [0.1, 0.15) is 33.1 Å². The number of imide groups is 2. The van der Waals surface area contributed by atoms with Gasteiger partial charge < -0.3 is 10.6 Å². The van der Waals surface area contributed by atoms with Gasteiger partial charge in [-0.2, -0.15) is 0 Å². The molecule has 3 aromatic carbocycles. The number of carbonyl (C=O) groups excluding carboxylic acids is 4. The Hall–Kier alpha value is -4.54. The first kappa shape index (κ1) is 25.1. The van der Waals surface area contributed by atoms with Crippen LogP contribution in [0.1, 0.15) is 0 Å². The van der Waals surface area contributed by atoms with Gasteiger partial charge in [0.2, 0.25) is 0 Å². The minimum Gasteiger partial charge on any atom is -0.347 e. The molecule has 5 rings (SSSR count). The van der Waals surface area contributed by atoms with Crippen molar-refractivity contribution in [2.45, 2.75) is 0 Å². The Labute approximate surface area is 223 Å². The Bertz CT molecular complexity index is 1500. The number of anilines is 4. The normalized spacial score (nSPS) is 15.8. The molecule has 0 aliphatic carbocycles. The molecule has 0 aromatic heterocycles. The molecule has 38 heavy (non-hydrogen) atoms. The minimum absolute atomic E-state index is 0.0957. The number of nitrogens with zero attached hydrogens (tertiary/aromatic N) is 2. The molecule has 0 radical (unpaired) electrons. The number of rotatable bonds is 6. The Morgan fingerprint density at radius 1 is 0.526 bits per heavy atom. The van der Waals surface area contributed by atoms with Crippen molar-refractivity contribution in [1.82, 2.24) is 0 Å². The highest BCUT2D eigenvalue weighted by atomic mass is 35.5. The summed E-state index contributed by atoms with van der Waals surface area (Å²) in [5.41, 5.74) is -1.31. The van der Waals surface area contributed by atoms with Gasteiger partial charge >= 0.3 is 0 Å². The van der Waals surface area contributed by atoms with Gasteiger partial charge in [-0.05, 0) is 36.4 Å². The van der Waals surface area contributed by atoms with Crippen LogP contribution in [-0.2, 0) is 19.2 Å². The lowest BCUT2D eigenvalue weighted by Crippen LogP contribution is -2.37. The second kappa shape index (κ2) is 9.73. The molecule has 0 spiro atoms. The molecule has 0 fully saturated rings. The Morgan fingerprint density at radius 2 is 0.868 bits per heavy atom. The fraction of sp³-hybridized carbons (Fsp3) is 0. The molecule has 0 atom stereocenters. The fourth-order valence-corrected chi connectivity index (χ4v) is 4.32. The SMILES string of the molecule is O=C1C(Cl)=C(Nc2ccccc2F)C(=O)N1c1ccccc1N1C(=O)C(Cl)=C(Nc2ccccc2F)C1=O. The van der Waals surface area contributed by atoms with Crippen molar-refractivity contribution in [3.8, 4) is 0 Å². The van der Waals surface area contributed by atoms with Crippen molar-refractivity contribution in [3.63, 3.8) is 0 Å². The summed E-state index contributed by atoms with van der Waals surface area (Å²) in [6, 6.07) is 16.5. The minimum atomic E-state index is -0.967. The van der Waals surface area contributed by atoms with Crippen molar-refractivity contribution in [1.29, 1.82) is 0 Å². The molecule has 2 aliphatic heterocycles. The van der Waals surface area contributed by atoms with Crippen molar-refractivity contribution in [3.05, 3.63) is 106 Å². The van der Waals surface area contributed by atoms with E-state index in [1.165, 1.54) is 60.7 Å². The molecule has 12 heteroatoms. The molecule has 8 nitrogen and oxygen atoms in total. The van der Waals surface area contributed by atoms with Crippen LogP contribution in [0.4, 0.5) is 31.5 Å². The number of para-hydroxylation sites is 4. The van der Waals surface area contributed by atoms with E-state index in [9.17, 15) is 28.0 Å². The molecule has 2 heterocycles. The predicted molar refractivity (Wildman–Crippen MR) is 137 cm³/mol. The van der Waals surface area contributed by atoms with Crippen LogP contribution in [0.25, 0.3) is 0 Å². The highest BCUT2D eigenvalue weighted by Crippen LogP contribution is 2.39. The van der Waals surface area contributed by atoms with E-state index in [4.69, 9.17) is 23.2 Å².